The van der Waals surface area contributed by atoms with Gasteiger partial charge in [-0.2, -0.15) is 12.7 Å². The van der Waals surface area contributed by atoms with Gasteiger partial charge in [-0.15, -0.1) is 0 Å². The van der Waals surface area contributed by atoms with E-state index in [2.05, 4.69) is 4.98 Å². The van der Waals surface area contributed by atoms with Gasteiger partial charge in [-0.25, -0.2) is 18.9 Å². The molecule has 0 spiro atoms. The Kier molecular flexibility index (Phi) is 9.76. The number of benzene rings is 1. The molecule has 2 aromatic rings. The fraction of sp³-hybridized carbons (Fsp3) is 0.480. The number of nitrogens with one attached hydrogen (secondary N) is 1. The molecule has 1 fully saturated rings. The summed E-state index contributed by atoms with van der Waals surface area (Å²) in [5.74, 6) is -1.93. The lowest BCUT2D eigenvalue weighted by molar-refractivity contribution is 0.0453. The fourth-order valence-electron chi connectivity index (χ4n) is 3.91. The summed E-state index contributed by atoms with van der Waals surface area (Å²) in [6.07, 6.45) is 0.131. The average molecular weight is 622 g/mol. The van der Waals surface area contributed by atoms with Gasteiger partial charge < -0.3 is 19.5 Å². The monoisotopic (exact) mass is 620 g/mol. The molecule has 40 heavy (non-hydrogen) atoms. The van der Waals surface area contributed by atoms with Crippen molar-refractivity contribution in [3.8, 4) is 17.4 Å². The number of carbonyl (C=O) groups excluding carboxylic acids is 1. The third-order valence-corrected chi connectivity index (χ3v) is 8.00. The summed E-state index contributed by atoms with van der Waals surface area (Å²) in [4.78, 5) is 29.7. The van der Waals surface area contributed by atoms with Crippen LogP contribution >= 0.6 is 23.2 Å². The van der Waals surface area contributed by atoms with Crippen molar-refractivity contribution in [1.82, 2.24) is 18.9 Å². The van der Waals surface area contributed by atoms with Crippen molar-refractivity contribution in [2.24, 2.45) is 11.3 Å². The highest BCUT2D eigenvalue weighted by Crippen LogP contribution is 2.34. The minimum Gasteiger partial charge on any atom is -0.476 e. The molecule has 0 radical (unpaired) electrons. The number of nitrogens with zero attached hydrogens (tertiary/aromatic N) is 3. The Morgan fingerprint density at radius 3 is 2.45 bits per heavy atom. The van der Waals surface area contributed by atoms with Gasteiger partial charge in [0.2, 0.25) is 5.88 Å². The van der Waals surface area contributed by atoms with Gasteiger partial charge in [-0.05, 0) is 17.4 Å². The van der Waals surface area contributed by atoms with Crippen molar-refractivity contribution >= 4 is 45.4 Å². The van der Waals surface area contributed by atoms with Crippen LogP contribution in [0.3, 0.4) is 0 Å². The Morgan fingerprint density at radius 2 is 1.88 bits per heavy atom. The van der Waals surface area contributed by atoms with E-state index < -0.39 is 45.0 Å². The van der Waals surface area contributed by atoms with E-state index >= 15 is 0 Å². The number of carbonyl (C=O) groups is 2. The Hall–Kier alpha value is -2.87. The van der Waals surface area contributed by atoms with E-state index in [9.17, 15) is 27.5 Å². The number of aromatic nitrogens is 1. The minimum absolute atomic E-state index is 0.0949. The van der Waals surface area contributed by atoms with E-state index in [4.69, 9.17) is 32.7 Å². The first kappa shape index (κ1) is 31.7. The summed E-state index contributed by atoms with van der Waals surface area (Å²) < 4.78 is 54.8. The van der Waals surface area contributed by atoms with Crippen molar-refractivity contribution < 1.29 is 37.0 Å². The molecule has 1 unspecified atom stereocenters. The Bertz CT molecular complexity index is 1390. The first-order chi connectivity index (χ1) is 18.5. The maximum atomic E-state index is 14.9. The predicted octanol–water partition coefficient (Wildman–Crippen LogP) is 5.04. The van der Waals surface area contributed by atoms with Gasteiger partial charge >= 0.3 is 16.3 Å². The molecular weight excluding hydrogens is 590 g/mol. The van der Waals surface area contributed by atoms with Gasteiger partial charge in [0.05, 0.1) is 29.4 Å². The van der Waals surface area contributed by atoms with Crippen molar-refractivity contribution in [3.05, 3.63) is 45.8 Å². The van der Waals surface area contributed by atoms with Gasteiger partial charge in [0, 0.05) is 31.8 Å². The summed E-state index contributed by atoms with van der Waals surface area (Å²) in [6, 6.07) is 2.50. The Balaban J connectivity index is 1.75. The molecule has 0 saturated carbocycles. The zero-order chi connectivity index (χ0) is 30.0. The van der Waals surface area contributed by atoms with E-state index in [1.165, 1.54) is 17.2 Å². The van der Waals surface area contributed by atoms with Crippen LogP contribution in [0.1, 0.15) is 45.0 Å². The van der Waals surface area contributed by atoms with Gasteiger partial charge in [-0.3, -0.25) is 4.79 Å². The van der Waals surface area contributed by atoms with Gasteiger partial charge in [0.15, 0.2) is 0 Å². The summed E-state index contributed by atoms with van der Waals surface area (Å²) in [7, 11) is -4.44. The van der Waals surface area contributed by atoms with Gasteiger partial charge in [0.25, 0.3) is 5.91 Å². The summed E-state index contributed by atoms with van der Waals surface area (Å²) in [5.41, 5.74) is -1.22. The topological polar surface area (TPSA) is 138 Å². The predicted molar refractivity (Wildman–Crippen MR) is 147 cm³/mol. The summed E-state index contributed by atoms with van der Waals surface area (Å²) in [5, 5.41) is 9.48. The van der Waals surface area contributed by atoms with E-state index in [1.807, 2.05) is 18.6 Å². The molecule has 15 heteroatoms. The molecule has 1 saturated heterocycles. The fourth-order valence-corrected chi connectivity index (χ4v) is 5.45. The lowest BCUT2D eigenvalue weighted by Gasteiger charge is -2.45. The third kappa shape index (κ3) is 7.65. The van der Waals surface area contributed by atoms with Crippen LogP contribution in [0.15, 0.2) is 24.4 Å². The third-order valence-electron chi connectivity index (χ3n) is 5.98. The quantitative estimate of drug-likeness (QED) is 0.418. The molecule has 0 aliphatic carbocycles. The molecule has 1 atom stereocenters. The number of pyridine rings is 1. The molecule has 2 heterocycles. The van der Waals surface area contributed by atoms with E-state index in [0.29, 0.717) is 6.61 Å². The van der Waals surface area contributed by atoms with Crippen LogP contribution < -0.4 is 14.2 Å². The molecule has 3 rings (SSSR count). The SMILES string of the molecule is CC(C)COc1ncc(Oc2cc(F)c(C(=O)NS(=O)(=O)N3CCN(C(=O)O)C(C(C)(C)C)C3)cc2Cl)cc1Cl. The van der Waals surface area contributed by atoms with Crippen LogP contribution in [0.25, 0.3) is 0 Å². The second-order valence-corrected chi connectivity index (χ2v) is 13.2. The van der Waals surface area contributed by atoms with Gasteiger partial charge in [0.1, 0.15) is 22.3 Å². The first-order valence-corrected chi connectivity index (χ1v) is 14.5. The van der Waals surface area contributed by atoms with Gasteiger partial charge in [-0.1, -0.05) is 57.8 Å². The van der Waals surface area contributed by atoms with Crippen LogP contribution in [-0.2, 0) is 10.2 Å². The molecule has 2 N–H and O–H groups in total. The van der Waals surface area contributed by atoms with Crippen LogP contribution in [0.4, 0.5) is 9.18 Å². The van der Waals surface area contributed by atoms with E-state index in [1.54, 1.807) is 20.8 Å². The zero-order valence-electron chi connectivity index (χ0n) is 22.6. The van der Waals surface area contributed by atoms with Crippen LogP contribution in [0.2, 0.25) is 10.0 Å². The molecule has 2 amide bonds. The normalized spacial score (nSPS) is 16.6. The zero-order valence-corrected chi connectivity index (χ0v) is 24.9. The highest BCUT2D eigenvalue weighted by molar-refractivity contribution is 7.87. The lowest BCUT2D eigenvalue weighted by Crippen LogP contribution is -2.62. The van der Waals surface area contributed by atoms with Crippen molar-refractivity contribution in [2.45, 2.75) is 40.7 Å². The number of hydrogen-bond donors (Lipinski definition) is 2. The number of halogens is 3. The number of carboxylic acid groups (broad SMARTS) is 1. The molecule has 1 aliphatic heterocycles. The molecule has 0 bridgehead atoms. The van der Waals surface area contributed by atoms with E-state index in [-0.39, 0.29) is 53.0 Å². The molecule has 1 aliphatic rings. The Morgan fingerprint density at radius 1 is 1.20 bits per heavy atom. The van der Waals surface area contributed by atoms with Crippen LogP contribution in [0, 0.1) is 17.2 Å². The molecular formula is C25H31Cl2FN4O7S. The van der Waals surface area contributed by atoms with Crippen LogP contribution in [0.5, 0.6) is 17.4 Å². The van der Waals surface area contributed by atoms with Crippen molar-refractivity contribution in [2.75, 3.05) is 26.2 Å². The number of ether oxygens (including phenoxy) is 2. The number of piperazine rings is 1. The summed E-state index contributed by atoms with van der Waals surface area (Å²) in [6.45, 7) is 9.20. The average Bonchev–Trinajstić information content (AvgIpc) is 2.84. The minimum atomic E-state index is -4.44. The first-order valence-electron chi connectivity index (χ1n) is 12.3. The standard InChI is InChI=1S/C25H31Cl2FN4O7S/c1-14(2)13-38-23-18(27)8-15(11-29-23)39-20-10-19(28)16(9-17(20)26)22(33)30-40(36,37)31-6-7-32(24(34)35)21(12-31)25(3,4)5/h8-11,14,21H,6-7,12-13H2,1-5H3,(H,30,33)(H,34,35). The second kappa shape index (κ2) is 12.3. The maximum Gasteiger partial charge on any atom is 0.407 e. The molecule has 220 valence electrons. The smallest absolute Gasteiger partial charge is 0.407 e. The highest BCUT2D eigenvalue weighted by Gasteiger charge is 2.42. The second-order valence-electron chi connectivity index (χ2n) is 10.7. The lowest BCUT2D eigenvalue weighted by atomic mass is 9.85. The van der Waals surface area contributed by atoms with Crippen molar-refractivity contribution in [1.29, 1.82) is 0 Å². The van der Waals surface area contributed by atoms with E-state index in [0.717, 1.165) is 16.4 Å². The summed E-state index contributed by atoms with van der Waals surface area (Å²) >= 11 is 12.4. The molecule has 1 aromatic heterocycles. The number of hydrogen-bond acceptors (Lipinski definition) is 7. The number of rotatable bonds is 8. The number of amides is 2. The van der Waals surface area contributed by atoms with Crippen LogP contribution in [-0.4, -0.2) is 72.0 Å². The van der Waals surface area contributed by atoms with Crippen molar-refractivity contribution in [3.63, 3.8) is 0 Å². The maximum absolute atomic E-state index is 14.9. The highest BCUT2D eigenvalue weighted by atomic mass is 35.5. The largest absolute Gasteiger partial charge is 0.476 e. The molecule has 11 nitrogen and oxygen atoms in total. The Labute approximate surface area is 242 Å². The molecule has 1 aromatic carbocycles.